The Labute approximate surface area is 181 Å². The van der Waals surface area contributed by atoms with Crippen molar-refractivity contribution in [3.05, 3.63) is 0 Å². The Morgan fingerprint density at radius 1 is 1.20 bits per heavy atom. The van der Waals surface area contributed by atoms with Crippen molar-refractivity contribution in [2.45, 2.75) is 52.2 Å². The molecule has 11 heteroatoms. The molecule has 1 aromatic heterocycles. The van der Waals surface area contributed by atoms with E-state index >= 15 is 0 Å². The third-order valence-electron chi connectivity index (χ3n) is 4.16. The second-order valence-corrected chi connectivity index (χ2v) is 8.38. The largest absolute Gasteiger partial charge is 0.470 e. The fourth-order valence-corrected chi connectivity index (χ4v) is 3.16. The average molecular weight is 445 g/mol. The summed E-state index contributed by atoms with van der Waals surface area (Å²) in [6.45, 7) is 11.3. The lowest BCUT2D eigenvalue weighted by molar-refractivity contribution is -0.154. The number of hydrogen-bond donors (Lipinski definition) is 1. The molecule has 0 unspecified atom stereocenters. The van der Waals surface area contributed by atoms with Crippen molar-refractivity contribution < 1.29 is 28.5 Å². The van der Waals surface area contributed by atoms with Gasteiger partial charge in [0.15, 0.2) is 0 Å². The minimum atomic E-state index is -0.543. The molecule has 1 aliphatic heterocycles. The van der Waals surface area contributed by atoms with Crippen molar-refractivity contribution in [2.75, 3.05) is 51.0 Å². The van der Waals surface area contributed by atoms with Crippen molar-refractivity contribution in [3.63, 3.8) is 0 Å². The highest BCUT2D eigenvalue weighted by Crippen LogP contribution is 2.26. The van der Waals surface area contributed by atoms with Gasteiger partial charge in [-0.05, 0) is 27.7 Å². The Morgan fingerprint density at radius 3 is 2.57 bits per heavy atom. The number of esters is 2. The minimum absolute atomic E-state index is 0.00979. The predicted octanol–water partition coefficient (Wildman–Crippen LogP) is 1.40. The summed E-state index contributed by atoms with van der Waals surface area (Å²) in [4.78, 5) is 25.7. The van der Waals surface area contributed by atoms with E-state index in [9.17, 15) is 9.59 Å². The molecule has 0 aliphatic carbocycles. The smallest absolute Gasteiger partial charge is 0.306 e. The van der Waals surface area contributed by atoms with Crippen LogP contribution in [-0.4, -0.2) is 78.4 Å². The van der Waals surface area contributed by atoms with Gasteiger partial charge in [0.05, 0.1) is 44.4 Å². The van der Waals surface area contributed by atoms with Crippen LogP contribution < -0.4 is 15.0 Å². The zero-order valence-electron chi connectivity index (χ0n) is 18.1. The number of aromatic nitrogens is 2. The number of nitrogens with one attached hydrogen (secondary N) is 1. The summed E-state index contributed by atoms with van der Waals surface area (Å²) < 4.78 is 30.2. The number of ether oxygens (including phenoxy) is 4. The van der Waals surface area contributed by atoms with Crippen LogP contribution in [0.1, 0.15) is 40.5 Å². The summed E-state index contributed by atoms with van der Waals surface area (Å²) in [6, 6.07) is 0. The molecule has 10 nitrogen and oxygen atoms in total. The van der Waals surface area contributed by atoms with Gasteiger partial charge in [0, 0.05) is 25.2 Å². The van der Waals surface area contributed by atoms with Crippen LogP contribution in [0.3, 0.4) is 0 Å². The Morgan fingerprint density at radius 2 is 1.90 bits per heavy atom. The van der Waals surface area contributed by atoms with E-state index in [-0.39, 0.29) is 31.6 Å². The molecule has 1 fully saturated rings. The summed E-state index contributed by atoms with van der Waals surface area (Å²) in [5, 5.41) is 3.31. The number of morpholine rings is 1. The lowest BCUT2D eigenvalue weighted by atomic mass is 10.1. The van der Waals surface area contributed by atoms with Crippen LogP contribution in [-0.2, 0) is 23.8 Å². The maximum atomic E-state index is 12.2. The first kappa shape index (κ1) is 24.3. The zero-order chi connectivity index (χ0) is 22.0. The third-order valence-corrected chi connectivity index (χ3v) is 4.66. The highest BCUT2D eigenvalue weighted by Gasteiger charge is 2.23. The van der Waals surface area contributed by atoms with Gasteiger partial charge in [-0.2, -0.15) is 4.37 Å². The Hall–Kier alpha value is -1.98. The Balaban J connectivity index is 1.92. The monoisotopic (exact) mass is 444 g/mol. The van der Waals surface area contributed by atoms with Gasteiger partial charge in [-0.15, -0.1) is 4.37 Å². The third kappa shape index (κ3) is 8.80. The van der Waals surface area contributed by atoms with Gasteiger partial charge in [0.1, 0.15) is 12.7 Å². The van der Waals surface area contributed by atoms with Crippen LogP contribution in [0, 0.1) is 0 Å². The molecule has 2 rings (SSSR count). The van der Waals surface area contributed by atoms with Gasteiger partial charge in [-0.25, -0.2) is 0 Å². The maximum Gasteiger partial charge on any atom is 0.306 e. The molecule has 0 radical (unpaired) electrons. The molecule has 0 bridgehead atoms. The molecule has 0 saturated carbocycles. The number of nitrogens with zero attached hydrogens (tertiary/aromatic N) is 3. The SMILES string of the molecule is CCOC(=O)CCC(=O)O[C@@H](CNC(C)(C)C)COc1nsnc1N1CCOCC1. The lowest BCUT2D eigenvalue weighted by Crippen LogP contribution is -2.44. The van der Waals surface area contributed by atoms with Crippen LogP contribution >= 0.6 is 11.7 Å². The first-order valence-electron chi connectivity index (χ1n) is 10.2. The molecule has 30 heavy (non-hydrogen) atoms. The molecular weight excluding hydrogens is 412 g/mol. The average Bonchev–Trinajstić information content (AvgIpc) is 3.17. The summed E-state index contributed by atoms with van der Waals surface area (Å²) >= 11 is 1.08. The number of hydrogen-bond acceptors (Lipinski definition) is 11. The second-order valence-electron chi connectivity index (χ2n) is 7.85. The highest BCUT2D eigenvalue weighted by molar-refractivity contribution is 6.99. The van der Waals surface area contributed by atoms with E-state index in [1.807, 2.05) is 20.8 Å². The lowest BCUT2D eigenvalue weighted by Gasteiger charge is -2.27. The second kappa shape index (κ2) is 12.0. The van der Waals surface area contributed by atoms with E-state index < -0.39 is 18.0 Å². The molecule has 1 saturated heterocycles. The predicted molar refractivity (Wildman–Crippen MR) is 112 cm³/mol. The standard InChI is InChI=1S/C19H32N4O6S/c1-5-27-15(24)6-7-16(25)29-14(12-20-19(2,3)4)13-28-18-17(21-30-22-18)23-8-10-26-11-9-23/h14,20H,5-13H2,1-4H3/t14-/m0/s1. The molecule has 1 N–H and O–H groups in total. The van der Waals surface area contributed by atoms with Gasteiger partial charge >= 0.3 is 11.9 Å². The maximum absolute atomic E-state index is 12.2. The number of rotatable bonds is 11. The van der Waals surface area contributed by atoms with Crippen molar-refractivity contribution in [1.29, 1.82) is 0 Å². The van der Waals surface area contributed by atoms with Crippen LogP contribution in [0.5, 0.6) is 5.88 Å². The first-order valence-corrected chi connectivity index (χ1v) is 10.9. The van der Waals surface area contributed by atoms with Crippen LogP contribution in [0.4, 0.5) is 5.82 Å². The zero-order valence-corrected chi connectivity index (χ0v) is 19.0. The van der Waals surface area contributed by atoms with Gasteiger partial charge < -0.3 is 29.2 Å². The van der Waals surface area contributed by atoms with E-state index in [1.165, 1.54) is 0 Å². The van der Waals surface area contributed by atoms with Crippen LogP contribution in [0.25, 0.3) is 0 Å². The quantitative estimate of drug-likeness (QED) is 0.503. The summed E-state index contributed by atoms with van der Waals surface area (Å²) in [7, 11) is 0. The van der Waals surface area contributed by atoms with Crippen LogP contribution in [0.2, 0.25) is 0 Å². The van der Waals surface area contributed by atoms with Crippen molar-refractivity contribution in [3.8, 4) is 5.88 Å². The fourth-order valence-electron chi connectivity index (χ4n) is 2.64. The van der Waals surface area contributed by atoms with Crippen LogP contribution in [0.15, 0.2) is 0 Å². The van der Waals surface area contributed by atoms with E-state index in [0.717, 1.165) is 24.8 Å². The number of carbonyl (C=O) groups is 2. The summed E-state index contributed by atoms with van der Waals surface area (Å²) in [6.07, 6.45) is -0.593. The molecule has 170 valence electrons. The first-order chi connectivity index (χ1) is 14.3. The molecule has 1 atom stereocenters. The highest BCUT2D eigenvalue weighted by atomic mass is 32.1. The molecule has 0 amide bonds. The molecule has 0 aromatic carbocycles. The molecule has 2 heterocycles. The van der Waals surface area contributed by atoms with E-state index in [0.29, 0.717) is 31.5 Å². The minimum Gasteiger partial charge on any atom is -0.470 e. The van der Waals surface area contributed by atoms with E-state index in [4.69, 9.17) is 18.9 Å². The number of carbonyl (C=O) groups excluding carboxylic acids is 2. The summed E-state index contributed by atoms with van der Waals surface area (Å²) in [5.74, 6) is 0.209. The summed E-state index contributed by atoms with van der Waals surface area (Å²) in [5.41, 5.74) is -0.156. The van der Waals surface area contributed by atoms with E-state index in [2.05, 4.69) is 19.0 Å². The van der Waals surface area contributed by atoms with Crippen molar-refractivity contribution in [2.24, 2.45) is 0 Å². The fraction of sp³-hybridized carbons (Fsp3) is 0.789. The van der Waals surface area contributed by atoms with Crippen molar-refractivity contribution >= 4 is 29.5 Å². The van der Waals surface area contributed by atoms with Gasteiger partial charge in [-0.3, -0.25) is 9.59 Å². The van der Waals surface area contributed by atoms with Gasteiger partial charge in [0.25, 0.3) is 5.88 Å². The molecular formula is C19H32N4O6S. The van der Waals surface area contributed by atoms with E-state index in [1.54, 1.807) is 6.92 Å². The molecule has 1 aromatic rings. The Kier molecular flexibility index (Phi) is 9.73. The normalized spacial score (nSPS) is 15.5. The number of anilines is 1. The molecule has 1 aliphatic rings. The molecule has 0 spiro atoms. The Bertz CT molecular complexity index is 672. The van der Waals surface area contributed by atoms with Crippen molar-refractivity contribution in [1.82, 2.24) is 14.1 Å². The van der Waals surface area contributed by atoms with Gasteiger partial charge in [0.2, 0.25) is 5.82 Å². The topological polar surface area (TPSA) is 112 Å². The van der Waals surface area contributed by atoms with Gasteiger partial charge in [-0.1, -0.05) is 0 Å².